The Morgan fingerprint density at radius 3 is 2.79 bits per heavy atom. The summed E-state index contributed by atoms with van der Waals surface area (Å²) in [4.78, 5) is 18.9. The first-order chi connectivity index (χ1) is 13.6. The number of anilines is 1. The molecule has 4 nitrogen and oxygen atoms in total. The van der Waals surface area contributed by atoms with Gasteiger partial charge in [-0.3, -0.25) is 4.79 Å². The molecule has 0 N–H and O–H groups in total. The van der Waals surface area contributed by atoms with Gasteiger partial charge < -0.3 is 9.64 Å². The maximum Gasteiger partial charge on any atom is 0.310 e. The van der Waals surface area contributed by atoms with E-state index < -0.39 is 0 Å². The number of rotatable bonds is 4. The van der Waals surface area contributed by atoms with Crippen molar-refractivity contribution in [2.75, 3.05) is 18.0 Å². The molecule has 0 bridgehead atoms. The quantitative estimate of drug-likeness (QED) is 0.478. The van der Waals surface area contributed by atoms with E-state index in [1.54, 1.807) is 6.07 Å². The van der Waals surface area contributed by atoms with E-state index in [1.807, 2.05) is 36.4 Å². The molecule has 0 aliphatic carbocycles. The second kappa shape index (κ2) is 6.87. The van der Waals surface area contributed by atoms with E-state index in [4.69, 9.17) is 4.74 Å². The molecule has 1 aliphatic rings. The summed E-state index contributed by atoms with van der Waals surface area (Å²) in [5, 5.41) is 3.11. The summed E-state index contributed by atoms with van der Waals surface area (Å²) in [6, 6.07) is 18.7. The third kappa shape index (κ3) is 3.31. The van der Waals surface area contributed by atoms with Crippen LogP contribution in [0.4, 0.5) is 9.52 Å². The number of aromatic nitrogens is 1. The molecule has 0 spiro atoms. The Morgan fingerprint density at radius 2 is 1.93 bits per heavy atom. The predicted molar refractivity (Wildman–Crippen MR) is 109 cm³/mol. The number of thiazole rings is 1. The highest BCUT2D eigenvalue weighted by Crippen LogP contribution is 2.32. The molecule has 6 heteroatoms. The van der Waals surface area contributed by atoms with Crippen LogP contribution in [0.15, 0.2) is 60.7 Å². The number of halogens is 1. The van der Waals surface area contributed by atoms with Gasteiger partial charge in [0.2, 0.25) is 0 Å². The SMILES string of the molecule is O=C(Cc1ccc2ccccc2c1)OC1CN(c2nc3ccc(F)cc3s2)C1. The van der Waals surface area contributed by atoms with Gasteiger partial charge in [0.15, 0.2) is 5.13 Å². The monoisotopic (exact) mass is 392 g/mol. The summed E-state index contributed by atoms with van der Waals surface area (Å²) < 4.78 is 19.7. The summed E-state index contributed by atoms with van der Waals surface area (Å²) >= 11 is 1.45. The van der Waals surface area contributed by atoms with Crippen molar-refractivity contribution in [1.29, 1.82) is 0 Å². The Hall–Kier alpha value is -2.99. The summed E-state index contributed by atoms with van der Waals surface area (Å²) in [5.41, 5.74) is 1.74. The fourth-order valence-corrected chi connectivity index (χ4v) is 4.44. The fraction of sp³-hybridized carbons (Fsp3) is 0.182. The van der Waals surface area contributed by atoms with E-state index in [2.05, 4.69) is 16.0 Å². The number of benzene rings is 3. The lowest BCUT2D eigenvalue weighted by molar-refractivity contribution is -0.149. The minimum absolute atomic E-state index is 0.128. The molecule has 2 heterocycles. The highest BCUT2D eigenvalue weighted by molar-refractivity contribution is 7.22. The zero-order valence-electron chi connectivity index (χ0n) is 15.0. The zero-order chi connectivity index (χ0) is 19.1. The molecule has 0 unspecified atom stereocenters. The van der Waals surface area contributed by atoms with Crippen molar-refractivity contribution in [2.24, 2.45) is 0 Å². The van der Waals surface area contributed by atoms with E-state index in [0.29, 0.717) is 13.1 Å². The third-order valence-corrected chi connectivity index (χ3v) is 6.00. The Morgan fingerprint density at radius 1 is 1.11 bits per heavy atom. The molecular formula is C22H17FN2O2S. The molecule has 3 aromatic carbocycles. The van der Waals surface area contributed by atoms with E-state index in [-0.39, 0.29) is 24.3 Å². The minimum atomic E-state index is -0.258. The van der Waals surface area contributed by atoms with E-state index >= 15 is 0 Å². The Balaban J connectivity index is 1.18. The predicted octanol–water partition coefficient (Wildman–Crippen LogP) is 4.56. The van der Waals surface area contributed by atoms with Gasteiger partial charge in [0.05, 0.1) is 29.7 Å². The van der Waals surface area contributed by atoms with Gasteiger partial charge in [-0.25, -0.2) is 9.37 Å². The lowest BCUT2D eigenvalue weighted by atomic mass is 10.1. The first kappa shape index (κ1) is 17.1. The Bertz CT molecular complexity index is 1180. The smallest absolute Gasteiger partial charge is 0.310 e. The van der Waals surface area contributed by atoms with Crippen molar-refractivity contribution in [2.45, 2.75) is 12.5 Å². The van der Waals surface area contributed by atoms with Gasteiger partial charge in [0.25, 0.3) is 0 Å². The number of nitrogens with zero attached hydrogens (tertiary/aromatic N) is 2. The van der Waals surface area contributed by atoms with Crippen LogP contribution in [0.2, 0.25) is 0 Å². The average Bonchev–Trinajstić information content (AvgIpc) is 3.06. The lowest BCUT2D eigenvalue weighted by Crippen LogP contribution is -2.53. The van der Waals surface area contributed by atoms with Crippen LogP contribution in [-0.2, 0) is 16.0 Å². The third-order valence-electron chi connectivity index (χ3n) is 4.92. The number of fused-ring (bicyclic) bond motifs is 2. The second-order valence-corrected chi connectivity index (χ2v) is 7.99. The van der Waals surface area contributed by atoms with Crippen LogP contribution >= 0.6 is 11.3 Å². The molecule has 0 radical (unpaired) electrons. The molecule has 5 rings (SSSR count). The minimum Gasteiger partial charge on any atom is -0.458 e. The number of hydrogen-bond acceptors (Lipinski definition) is 5. The van der Waals surface area contributed by atoms with Crippen LogP contribution in [0.5, 0.6) is 0 Å². The van der Waals surface area contributed by atoms with Crippen LogP contribution in [0.1, 0.15) is 5.56 Å². The standard InChI is InChI=1S/C22H17FN2O2S/c23-17-7-8-19-20(11-17)28-22(24-19)25-12-18(13-25)27-21(26)10-14-5-6-15-3-1-2-4-16(15)9-14/h1-9,11,18H,10,12-13H2. The van der Waals surface area contributed by atoms with E-state index in [9.17, 15) is 9.18 Å². The Labute approximate surface area is 165 Å². The molecule has 0 saturated carbocycles. The number of carbonyl (C=O) groups is 1. The van der Waals surface area contributed by atoms with Gasteiger partial charge in [-0.2, -0.15) is 0 Å². The highest BCUT2D eigenvalue weighted by atomic mass is 32.1. The van der Waals surface area contributed by atoms with Crippen LogP contribution in [0.25, 0.3) is 21.0 Å². The molecule has 28 heavy (non-hydrogen) atoms. The van der Waals surface area contributed by atoms with Crippen molar-refractivity contribution < 1.29 is 13.9 Å². The molecule has 1 aliphatic heterocycles. The van der Waals surface area contributed by atoms with E-state index in [0.717, 1.165) is 31.7 Å². The maximum absolute atomic E-state index is 13.3. The van der Waals surface area contributed by atoms with Crippen molar-refractivity contribution in [3.8, 4) is 0 Å². The molecule has 0 amide bonds. The summed E-state index contributed by atoms with van der Waals surface area (Å²) in [5.74, 6) is -0.474. The van der Waals surface area contributed by atoms with Crippen molar-refractivity contribution in [3.63, 3.8) is 0 Å². The van der Waals surface area contributed by atoms with Gasteiger partial charge in [-0.1, -0.05) is 53.8 Å². The van der Waals surface area contributed by atoms with Gasteiger partial charge in [-0.15, -0.1) is 0 Å². The first-order valence-corrected chi connectivity index (χ1v) is 9.94. The molecule has 1 aromatic heterocycles. The topological polar surface area (TPSA) is 42.4 Å². The molecule has 1 saturated heterocycles. The van der Waals surface area contributed by atoms with Crippen LogP contribution in [-0.4, -0.2) is 30.1 Å². The lowest BCUT2D eigenvalue weighted by Gasteiger charge is -2.38. The number of hydrogen-bond donors (Lipinski definition) is 0. The van der Waals surface area contributed by atoms with E-state index in [1.165, 1.54) is 23.5 Å². The van der Waals surface area contributed by atoms with Crippen molar-refractivity contribution in [3.05, 3.63) is 72.0 Å². The zero-order valence-corrected chi connectivity index (χ0v) is 15.8. The van der Waals surface area contributed by atoms with Crippen LogP contribution in [0, 0.1) is 5.82 Å². The summed E-state index contributed by atoms with van der Waals surface area (Å²) in [7, 11) is 0. The molecule has 140 valence electrons. The summed E-state index contributed by atoms with van der Waals surface area (Å²) in [6.07, 6.45) is 0.138. The van der Waals surface area contributed by atoms with Gasteiger partial charge in [-0.05, 0) is 34.5 Å². The summed E-state index contributed by atoms with van der Waals surface area (Å²) in [6.45, 7) is 1.23. The van der Waals surface area contributed by atoms with Crippen LogP contribution < -0.4 is 4.90 Å². The van der Waals surface area contributed by atoms with Crippen LogP contribution in [0.3, 0.4) is 0 Å². The highest BCUT2D eigenvalue weighted by Gasteiger charge is 2.32. The van der Waals surface area contributed by atoms with Gasteiger partial charge >= 0.3 is 5.97 Å². The normalized spacial score (nSPS) is 14.4. The number of ether oxygens (including phenoxy) is 1. The largest absolute Gasteiger partial charge is 0.458 e. The average molecular weight is 392 g/mol. The molecule has 1 fully saturated rings. The van der Waals surface area contributed by atoms with Crippen molar-refractivity contribution in [1.82, 2.24) is 4.98 Å². The van der Waals surface area contributed by atoms with Gasteiger partial charge in [0, 0.05) is 0 Å². The molecular weight excluding hydrogens is 375 g/mol. The first-order valence-electron chi connectivity index (χ1n) is 9.12. The van der Waals surface area contributed by atoms with Crippen molar-refractivity contribution >= 4 is 43.4 Å². The molecule has 4 aromatic rings. The number of carbonyl (C=O) groups excluding carboxylic acids is 1. The van der Waals surface area contributed by atoms with Gasteiger partial charge in [0.1, 0.15) is 11.9 Å². The fourth-order valence-electron chi connectivity index (χ4n) is 3.43. The number of esters is 1. The second-order valence-electron chi connectivity index (χ2n) is 6.98. The maximum atomic E-state index is 13.3. The molecule has 0 atom stereocenters. The Kier molecular flexibility index (Phi) is 4.20.